The third-order valence-corrected chi connectivity index (χ3v) is 3.00. The number of hydrogen-bond donors (Lipinski definition) is 1. The van der Waals surface area contributed by atoms with Gasteiger partial charge in [0, 0.05) is 17.3 Å². The van der Waals surface area contributed by atoms with Crippen LogP contribution in [0, 0.1) is 22.9 Å². The van der Waals surface area contributed by atoms with Crippen LogP contribution in [0.2, 0.25) is 5.15 Å². The molecule has 108 valence electrons. The maximum Gasteiger partial charge on any atom is 0.272 e. The zero-order valence-electron chi connectivity index (χ0n) is 10.8. The number of nitro groups is 1. The Hall–Kier alpha value is -2.54. The Morgan fingerprint density at radius 1 is 1.43 bits per heavy atom. The third kappa shape index (κ3) is 3.32. The minimum absolute atomic E-state index is 0.0570. The fourth-order valence-corrected chi connectivity index (χ4v) is 1.91. The van der Waals surface area contributed by atoms with E-state index in [9.17, 15) is 19.3 Å². The number of aromatic nitrogens is 1. The summed E-state index contributed by atoms with van der Waals surface area (Å²) in [6.45, 7) is 1.55. The van der Waals surface area contributed by atoms with Gasteiger partial charge in [0.25, 0.3) is 11.6 Å². The van der Waals surface area contributed by atoms with Crippen LogP contribution in [0.25, 0.3) is 0 Å². The lowest BCUT2D eigenvalue weighted by molar-refractivity contribution is -0.385. The van der Waals surface area contributed by atoms with E-state index in [0.29, 0.717) is 11.3 Å². The predicted octanol–water partition coefficient (Wildman–Crippen LogP) is 3.34. The van der Waals surface area contributed by atoms with E-state index in [-0.39, 0.29) is 16.4 Å². The van der Waals surface area contributed by atoms with Gasteiger partial charge in [-0.25, -0.2) is 9.37 Å². The standard InChI is InChI=1S/C13H9ClFN3O3/c1-7-4-9(2-3-11(7)18(20)21)17-13(19)10-5-8(15)6-16-12(10)14/h2-6H,1H3,(H,17,19). The van der Waals surface area contributed by atoms with Crippen LogP contribution in [0.1, 0.15) is 15.9 Å². The summed E-state index contributed by atoms with van der Waals surface area (Å²) >= 11 is 5.73. The molecule has 0 unspecified atom stereocenters. The summed E-state index contributed by atoms with van der Waals surface area (Å²) in [7, 11) is 0. The Morgan fingerprint density at radius 2 is 2.14 bits per heavy atom. The lowest BCUT2D eigenvalue weighted by atomic mass is 10.1. The van der Waals surface area contributed by atoms with Crippen LogP contribution in [0.5, 0.6) is 0 Å². The molecule has 0 aliphatic rings. The number of amides is 1. The summed E-state index contributed by atoms with van der Waals surface area (Å²) in [5, 5.41) is 13.1. The van der Waals surface area contributed by atoms with Gasteiger partial charge in [0.2, 0.25) is 0 Å². The topological polar surface area (TPSA) is 85.1 Å². The summed E-state index contributed by atoms with van der Waals surface area (Å²) in [6, 6.07) is 5.06. The highest BCUT2D eigenvalue weighted by molar-refractivity contribution is 6.33. The Balaban J connectivity index is 2.26. The van der Waals surface area contributed by atoms with Gasteiger partial charge in [-0.2, -0.15) is 0 Å². The van der Waals surface area contributed by atoms with Crippen LogP contribution in [0.15, 0.2) is 30.5 Å². The second kappa shape index (κ2) is 5.84. The van der Waals surface area contributed by atoms with E-state index in [1.54, 1.807) is 6.92 Å². The van der Waals surface area contributed by atoms with Crippen molar-refractivity contribution in [3.8, 4) is 0 Å². The van der Waals surface area contributed by atoms with Crippen molar-refractivity contribution in [2.75, 3.05) is 5.32 Å². The van der Waals surface area contributed by atoms with Crippen molar-refractivity contribution in [2.24, 2.45) is 0 Å². The van der Waals surface area contributed by atoms with E-state index in [1.165, 1.54) is 18.2 Å². The Morgan fingerprint density at radius 3 is 2.76 bits per heavy atom. The molecular weight excluding hydrogens is 301 g/mol. The summed E-state index contributed by atoms with van der Waals surface area (Å²) < 4.78 is 13.1. The van der Waals surface area contributed by atoms with Crippen LogP contribution in [0.4, 0.5) is 15.8 Å². The highest BCUT2D eigenvalue weighted by Crippen LogP contribution is 2.22. The van der Waals surface area contributed by atoms with E-state index in [1.807, 2.05) is 0 Å². The summed E-state index contributed by atoms with van der Waals surface area (Å²) in [4.78, 5) is 25.7. The Labute approximate surface area is 123 Å². The van der Waals surface area contributed by atoms with Gasteiger partial charge in [0.05, 0.1) is 16.7 Å². The first-order valence-electron chi connectivity index (χ1n) is 5.76. The molecule has 2 aromatic rings. The van der Waals surface area contributed by atoms with Crippen LogP contribution < -0.4 is 5.32 Å². The molecule has 8 heteroatoms. The molecule has 0 aliphatic carbocycles. The first-order chi connectivity index (χ1) is 9.88. The zero-order chi connectivity index (χ0) is 15.6. The Bertz CT molecular complexity index is 737. The number of aryl methyl sites for hydroxylation is 1. The van der Waals surface area contributed by atoms with Gasteiger partial charge in [-0.3, -0.25) is 14.9 Å². The number of anilines is 1. The molecular formula is C13H9ClFN3O3. The maximum atomic E-state index is 13.1. The largest absolute Gasteiger partial charge is 0.322 e. The van der Waals surface area contributed by atoms with Gasteiger partial charge in [-0.1, -0.05) is 11.6 Å². The van der Waals surface area contributed by atoms with Crippen molar-refractivity contribution in [3.63, 3.8) is 0 Å². The van der Waals surface area contributed by atoms with E-state index in [2.05, 4.69) is 10.3 Å². The number of carbonyl (C=O) groups excluding carboxylic acids is 1. The first-order valence-corrected chi connectivity index (χ1v) is 6.13. The number of carbonyl (C=O) groups is 1. The molecule has 1 aromatic heterocycles. The van der Waals surface area contributed by atoms with Crippen molar-refractivity contribution in [2.45, 2.75) is 6.92 Å². The lowest BCUT2D eigenvalue weighted by Gasteiger charge is -2.07. The van der Waals surface area contributed by atoms with Crippen LogP contribution >= 0.6 is 11.6 Å². The smallest absolute Gasteiger partial charge is 0.272 e. The van der Waals surface area contributed by atoms with E-state index < -0.39 is 16.6 Å². The predicted molar refractivity (Wildman–Crippen MR) is 75.0 cm³/mol. The molecule has 0 atom stereocenters. The molecule has 0 aliphatic heterocycles. The molecule has 1 N–H and O–H groups in total. The number of nitro benzene ring substituents is 1. The Kier molecular flexibility index (Phi) is 4.13. The van der Waals surface area contributed by atoms with Gasteiger partial charge in [-0.15, -0.1) is 0 Å². The van der Waals surface area contributed by atoms with Crippen molar-refractivity contribution in [1.29, 1.82) is 0 Å². The van der Waals surface area contributed by atoms with E-state index in [4.69, 9.17) is 11.6 Å². The fraction of sp³-hybridized carbons (Fsp3) is 0.0769. The molecule has 0 bridgehead atoms. The molecule has 1 amide bonds. The van der Waals surface area contributed by atoms with Gasteiger partial charge in [0.1, 0.15) is 11.0 Å². The van der Waals surface area contributed by atoms with Crippen molar-refractivity contribution in [1.82, 2.24) is 4.98 Å². The number of pyridine rings is 1. The summed E-state index contributed by atoms with van der Waals surface area (Å²) in [5.74, 6) is -1.34. The molecule has 0 saturated heterocycles. The average molecular weight is 310 g/mol. The highest BCUT2D eigenvalue weighted by atomic mass is 35.5. The summed E-state index contributed by atoms with van der Waals surface area (Å²) in [5.41, 5.74) is 0.552. The monoisotopic (exact) mass is 309 g/mol. The SMILES string of the molecule is Cc1cc(NC(=O)c2cc(F)cnc2Cl)ccc1[N+](=O)[O-]. The first kappa shape index (κ1) is 14.9. The maximum absolute atomic E-state index is 13.1. The van der Waals surface area contributed by atoms with E-state index in [0.717, 1.165) is 12.3 Å². The number of hydrogen-bond acceptors (Lipinski definition) is 4. The molecule has 0 radical (unpaired) electrons. The number of nitrogens with zero attached hydrogens (tertiary/aromatic N) is 2. The molecule has 0 spiro atoms. The van der Waals surface area contributed by atoms with Crippen molar-refractivity contribution in [3.05, 3.63) is 62.7 Å². The molecule has 21 heavy (non-hydrogen) atoms. The van der Waals surface area contributed by atoms with Gasteiger partial charge in [0.15, 0.2) is 0 Å². The van der Waals surface area contributed by atoms with Gasteiger partial charge in [-0.05, 0) is 25.1 Å². The van der Waals surface area contributed by atoms with Crippen LogP contribution in [-0.2, 0) is 0 Å². The average Bonchev–Trinajstić information content (AvgIpc) is 2.41. The molecule has 0 fully saturated rings. The number of halogens is 2. The zero-order valence-corrected chi connectivity index (χ0v) is 11.5. The quantitative estimate of drug-likeness (QED) is 0.535. The lowest BCUT2D eigenvalue weighted by Crippen LogP contribution is -2.13. The fourth-order valence-electron chi connectivity index (χ4n) is 1.72. The molecule has 6 nitrogen and oxygen atoms in total. The molecule has 1 heterocycles. The second-order valence-corrected chi connectivity index (χ2v) is 4.56. The van der Waals surface area contributed by atoms with Crippen molar-refractivity contribution >= 4 is 28.9 Å². The number of benzene rings is 1. The summed E-state index contributed by atoms with van der Waals surface area (Å²) in [6.07, 6.45) is 0.898. The molecule has 1 aromatic carbocycles. The molecule has 2 rings (SSSR count). The minimum atomic E-state index is -0.690. The van der Waals surface area contributed by atoms with Crippen LogP contribution in [0.3, 0.4) is 0 Å². The van der Waals surface area contributed by atoms with E-state index >= 15 is 0 Å². The normalized spacial score (nSPS) is 10.2. The third-order valence-electron chi connectivity index (χ3n) is 2.70. The van der Waals surface area contributed by atoms with Crippen LogP contribution in [-0.4, -0.2) is 15.8 Å². The second-order valence-electron chi connectivity index (χ2n) is 4.20. The number of rotatable bonds is 3. The molecule has 0 saturated carbocycles. The highest BCUT2D eigenvalue weighted by Gasteiger charge is 2.15. The minimum Gasteiger partial charge on any atom is -0.322 e. The van der Waals surface area contributed by atoms with Crippen molar-refractivity contribution < 1.29 is 14.1 Å². The van der Waals surface area contributed by atoms with Gasteiger partial charge >= 0.3 is 0 Å². The number of nitrogens with one attached hydrogen (secondary N) is 1. The van der Waals surface area contributed by atoms with Gasteiger partial charge < -0.3 is 5.32 Å².